The van der Waals surface area contributed by atoms with E-state index in [4.69, 9.17) is 52.4 Å². The van der Waals surface area contributed by atoms with Crippen molar-refractivity contribution >= 4 is 75.2 Å². The SMILES string of the molecule is C=CC(=O)OCCCCCCOc1ccc(CCOC(=O)C2CCC(C(=O)Oc3ccc4c(c3)nc(SC3CCC(OCCCCCCOC(=O)C=C)CC3)c3cc(OC(=O)C5CCC(C(=O)OCCc6ccc(OCCCCCCOC(=O)C=C)cc6)CC5)ccc34)CC2)cc1. The van der Waals surface area contributed by atoms with Crippen molar-refractivity contribution in [3.05, 3.63) is 134 Å². The number of unbranched alkanes of at least 4 members (excludes halogenated alkanes) is 9. The number of hydrogen-bond donors (Lipinski definition) is 0. The molecular weight excluding hydrogens is 1250 g/mol. The second-order valence-electron chi connectivity index (χ2n) is 25.3. The maximum Gasteiger partial charge on any atom is 0.330 e. The number of hydrogen-bond acceptors (Lipinski definition) is 19. The Balaban J connectivity index is 0.795. The molecule has 0 atom stereocenters. The number of ether oxygens (including phenoxy) is 10. The summed E-state index contributed by atoms with van der Waals surface area (Å²) in [6.07, 6.45) is 23.6. The highest BCUT2D eigenvalue weighted by molar-refractivity contribution is 8.00. The first-order chi connectivity index (χ1) is 47.3. The number of fused-ring (bicyclic) bond motifs is 3. The molecule has 4 aromatic carbocycles. The zero-order valence-corrected chi connectivity index (χ0v) is 57.1. The molecule has 0 radical (unpaired) electrons. The zero-order chi connectivity index (χ0) is 68.4. The van der Waals surface area contributed by atoms with Crippen molar-refractivity contribution in [2.75, 3.05) is 52.9 Å². The van der Waals surface area contributed by atoms with Gasteiger partial charge < -0.3 is 47.4 Å². The van der Waals surface area contributed by atoms with Crippen LogP contribution in [0.25, 0.3) is 21.7 Å². The van der Waals surface area contributed by atoms with E-state index in [2.05, 4.69) is 19.7 Å². The van der Waals surface area contributed by atoms with E-state index in [1.807, 2.05) is 78.9 Å². The summed E-state index contributed by atoms with van der Waals surface area (Å²) in [5.41, 5.74) is 2.73. The van der Waals surface area contributed by atoms with Gasteiger partial charge in [-0.15, -0.1) is 11.8 Å². The summed E-state index contributed by atoms with van der Waals surface area (Å²) in [5.74, 6) is -1.31. The summed E-state index contributed by atoms with van der Waals surface area (Å²) >= 11 is 1.71. The first-order valence-electron chi connectivity index (χ1n) is 35.1. The molecule has 0 unspecified atom stereocenters. The standard InChI is InChI=1S/C78H97NO17S/c1-4-71(80)90-48-16-10-7-13-45-87-61-31-19-55(20-32-61)43-51-93-75(83)57-23-27-59(28-24-57)77(85)95-64-37-41-67-68-42-38-65(54-70(68)79-74(69(67)53-64)97-66-39-35-63(36-40-66)89-47-15-9-12-18-50-92-73(82)6-3)96-78(86)60-29-25-58(26-30-60)76(84)94-52-44-56-21-33-62(34-22-56)88-46-14-8-11-17-49-91-72(81)5-2/h4-6,19-22,31-34,37-38,41-42,53-54,57-60,63,66H,1-3,7-18,23-30,35-36,39-40,43-52H2. The molecule has 1 heterocycles. The fourth-order valence-electron chi connectivity index (χ4n) is 12.4. The number of aromatic nitrogens is 1. The molecule has 0 N–H and O–H groups in total. The van der Waals surface area contributed by atoms with Gasteiger partial charge in [-0.3, -0.25) is 19.2 Å². The molecule has 3 aliphatic rings. The lowest BCUT2D eigenvalue weighted by Gasteiger charge is -2.28. The summed E-state index contributed by atoms with van der Waals surface area (Å²) in [7, 11) is 0. The third-order valence-corrected chi connectivity index (χ3v) is 19.5. The van der Waals surface area contributed by atoms with Crippen LogP contribution in [-0.4, -0.2) is 111 Å². The topological polar surface area (TPSA) is 225 Å². The molecule has 19 heteroatoms. The summed E-state index contributed by atoms with van der Waals surface area (Å²) in [6.45, 7) is 13.8. The van der Waals surface area contributed by atoms with Crippen molar-refractivity contribution in [3.8, 4) is 23.0 Å². The van der Waals surface area contributed by atoms with Crippen LogP contribution in [0, 0.1) is 23.7 Å². The van der Waals surface area contributed by atoms with Crippen LogP contribution in [0.3, 0.4) is 0 Å². The third-order valence-electron chi connectivity index (χ3n) is 18.2. The number of carbonyl (C=O) groups is 7. The molecule has 522 valence electrons. The van der Waals surface area contributed by atoms with Crippen molar-refractivity contribution in [1.82, 2.24) is 4.98 Å². The summed E-state index contributed by atoms with van der Waals surface area (Å²) < 4.78 is 56.9. The molecule has 0 bridgehead atoms. The van der Waals surface area contributed by atoms with E-state index < -0.39 is 17.9 Å². The van der Waals surface area contributed by atoms with E-state index >= 15 is 0 Å². The molecule has 5 aromatic rings. The number of pyridine rings is 1. The minimum absolute atomic E-state index is 0.171. The van der Waals surface area contributed by atoms with Gasteiger partial charge in [0.15, 0.2) is 0 Å². The average Bonchev–Trinajstić information content (AvgIpc) is 0.768. The number of nitrogens with zero attached hydrogens (tertiary/aromatic N) is 1. The van der Waals surface area contributed by atoms with Gasteiger partial charge in [0, 0.05) is 59.8 Å². The van der Waals surface area contributed by atoms with Crippen molar-refractivity contribution < 1.29 is 80.9 Å². The van der Waals surface area contributed by atoms with Crippen molar-refractivity contribution in [3.63, 3.8) is 0 Å². The van der Waals surface area contributed by atoms with E-state index in [1.54, 1.807) is 17.8 Å². The maximum atomic E-state index is 13.9. The Kier molecular flexibility index (Phi) is 31.8. The van der Waals surface area contributed by atoms with Crippen LogP contribution in [0.15, 0.2) is 128 Å². The molecule has 8 rings (SSSR count). The molecule has 0 amide bonds. The van der Waals surface area contributed by atoms with Crippen LogP contribution in [0.1, 0.15) is 165 Å². The summed E-state index contributed by atoms with van der Waals surface area (Å²) in [5, 5.41) is 3.67. The fraction of sp³-hybridized carbons (Fsp3) is 0.513. The highest BCUT2D eigenvalue weighted by atomic mass is 32.2. The lowest BCUT2D eigenvalue weighted by Crippen LogP contribution is -2.29. The Labute approximate surface area is 575 Å². The largest absolute Gasteiger partial charge is 0.494 e. The lowest BCUT2D eigenvalue weighted by atomic mass is 9.82. The minimum Gasteiger partial charge on any atom is -0.494 e. The van der Waals surface area contributed by atoms with E-state index in [0.29, 0.717) is 121 Å². The first-order valence-corrected chi connectivity index (χ1v) is 36.0. The Morgan fingerprint density at radius 2 is 0.763 bits per heavy atom. The maximum absolute atomic E-state index is 13.9. The Morgan fingerprint density at radius 3 is 1.20 bits per heavy atom. The number of thioether (sulfide) groups is 1. The molecule has 3 fully saturated rings. The number of esters is 7. The van der Waals surface area contributed by atoms with Crippen LogP contribution in [-0.2, 0) is 74.8 Å². The van der Waals surface area contributed by atoms with Gasteiger partial charge in [-0.1, -0.05) is 50.4 Å². The molecule has 0 aliphatic heterocycles. The van der Waals surface area contributed by atoms with Gasteiger partial charge in [-0.2, -0.15) is 0 Å². The van der Waals surface area contributed by atoms with Gasteiger partial charge in [0.05, 0.1) is 81.5 Å². The second kappa shape index (κ2) is 41.3. The van der Waals surface area contributed by atoms with Crippen LogP contribution < -0.4 is 18.9 Å². The monoisotopic (exact) mass is 1350 g/mol. The highest BCUT2D eigenvalue weighted by Gasteiger charge is 2.34. The van der Waals surface area contributed by atoms with Crippen LogP contribution in [0.4, 0.5) is 0 Å². The predicted octanol–water partition coefficient (Wildman–Crippen LogP) is 15.4. The van der Waals surface area contributed by atoms with Crippen LogP contribution >= 0.6 is 11.8 Å². The van der Waals surface area contributed by atoms with E-state index in [-0.39, 0.29) is 72.1 Å². The van der Waals surface area contributed by atoms with Crippen molar-refractivity contribution in [2.45, 2.75) is 183 Å². The van der Waals surface area contributed by atoms with Crippen molar-refractivity contribution in [1.29, 1.82) is 0 Å². The van der Waals surface area contributed by atoms with E-state index in [1.165, 1.54) is 18.2 Å². The molecular formula is C78H97NO17S. The van der Waals surface area contributed by atoms with Gasteiger partial charge in [0.1, 0.15) is 28.0 Å². The van der Waals surface area contributed by atoms with E-state index in [0.717, 1.165) is 147 Å². The Bertz CT molecular complexity index is 3360. The molecule has 97 heavy (non-hydrogen) atoms. The van der Waals surface area contributed by atoms with Gasteiger partial charge in [0.25, 0.3) is 0 Å². The average molecular weight is 1350 g/mol. The third kappa shape index (κ3) is 25.7. The minimum atomic E-state index is -0.398. The Hall–Kier alpha value is -8.03. The summed E-state index contributed by atoms with van der Waals surface area (Å²) in [4.78, 5) is 92.9. The number of rotatable bonds is 41. The molecule has 3 saturated carbocycles. The van der Waals surface area contributed by atoms with Gasteiger partial charge in [-0.25, -0.2) is 19.4 Å². The normalized spacial score (nSPS) is 18.4. The highest BCUT2D eigenvalue weighted by Crippen LogP contribution is 2.42. The van der Waals surface area contributed by atoms with Crippen LogP contribution in [0.2, 0.25) is 0 Å². The number of carbonyl (C=O) groups excluding carboxylic acids is 7. The first kappa shape index (κ1) is 74.8. The van der Waals surface area contributed by atoms with Crippen molar-refractivity contribution in [2.24, 2.45) is 23.7 Å². The summed E-state index contributed by atoms with van der Waals surface area (Å²) in [6, 6.07) is 26.8. The zero-order valence-electron chi connectivity index (χ0n) is 56.2. The second-order valence-corrected chi connectivity index (χ2v) is 26.6. The smallest absolute Gasteiger partial charge is 0.330 e. The van der Waals surface area contributed by atoms with Gasteiger partial charge in [-0.05, 0) is 219 Å². The molecule has 0 spiro atoms. The van der Waals surface area contributed by atoms with Gasteiger partial charge in [0.2, 0.25) is 0 Å². The molecule has 1 aromatic heterocycles. The lowest BCUT2D eigenvalue weighted by molar-refractivity contribution is -0.152. The predicted molar refractivity (Wildman–Crippen MR) is 371 cm³/mol. The molecule has 0 saturated heterocycles. The quantitative estimate of drug-likeness (QED) is 0.00885. The molecule has 3 aliphatic carbocycles. The van der Waals surface area contributed by atoms with E-state index in [9.17, 15) is 33.6 Å². The number of benzene rings is 4. The van der Waals surface area contributed by atoms with Gasteiger partial charge >= 0.3 is 41.8 Å². The van der Waals surface area contributed by atoms with Crippen LogP contribution in [0.5, 0.6) is 23.0 Å². The Morgan fingerprint density at radius 1 is 0.381 bits per heavy atom. The fourth-order valence-corrected chi connectivity index (χ4v) is 13.7. The molecule has 18 nitrogen and oxygen atoms in total.